The van der Waals surface area contributed by atoms with Crippen molar-refractivity contribution in [1.82, 2.24) is 4.98 Å². The Morgan fingerprint density at radius 1 is 1.45 bits per heavy atom. The van der Waals surface area contributed by atoms with Crippen molar-refractivity contribution in [3.05, 3.63) is 29.3 Å². The molecule has 1 aromatic heterocycles. The standard InChI is InChI=1S/C7H6F3N/c1-4-2-5(6(8)9)7(10)11-3-4/h2-3,6H,1H3. The van der Waals surface area contributed by atoms with E-state index in [1.54, 1.807) is 6.92 Å². The number of hydrogen-bond acceptors (Lipinski definition) is 1. The van der Waals surface area contributed by atoms with E-state index in [0.717, 1.165) is 6.07 Å². The number of alkyl halides is 2. The first kappa shape index (κ1) is 8.04. The summed E-state index contributed by atoms with van der Waals surface area (Å²) in [5.41, 5.74) is -0.105. The van der Waals surface area contributed by atoms with Gasteiger partial charge in [-0.15, -0.1) is 0 Å². The number of pyridine rings is 1. The van der Waals surface area contributed by atoms with E-state index in [4.69, 9.17) is 0 Å². The summed E-state index contributed by atoms with van der Waals surface area (Å²) in [4.78, 5) is 3.15. The van der Waals surface area contributed by atoms with Crippen LogP contribution in [0.5, 0.6) is 0 Å². The molecule has 4 heteroatoms. The quantitative estimate of drug-likeness (QED) is 0.576. The smallest absolute Gasteiger partial charge is 0.228 e. The van der Waals surface area contributed by atoms with Crippen molar-refractivity contribution in [2.75, 3.05) is 0 Å². The fourth-order valence-electron chi connectivity index (χ4n) is 0.728. The Kier molecular flexibility index (Phi) is 2.12. The van der Waals surface area contributed by atoms with Gasteiger partial charge in [-0.3, -0.25) is 0 Å². The molecule has 0 unspecified atom stereocenters. The molecule has 11 heavy (non-hydrogen) atoms. The van der Waals surface area contributed by atoms with E-state index >= 15 is 0 Å². The van der Waals surface area contributed by atoms with Crippen LogP contribution in [0.15, 0.2) is 12.3 Å². The molecule has 0 spiro atoms. The van der Waals surface area contributed by atoms with Crippen molar-refractivity contribution >= 4 is 0 Å². The van der Waals surface area contributed by atoms with E-state index in [1.165, 1.54) is 6.20 Å². The first-order valence-corrected chi connectivity index (χ1v) is 3.01. The normalized spacial score (nSPS) is 10.6. The Morgan fingerprint density at radius 3 is 2.55 bits per heavy atom. The minimum Gasteiger partial charge on any atom is -0.228 e. The van der Waals surface area contributed by atoms with Crippen LogP contribution >= 0.6 is 0 Å². The van der Waals surface area contributed by atoms with E-state index in [0.29, 0.717) is 5.56 Å². The van der Waals surface area contributed by atoms with Crippen LogP contribution in [0.2, 0.25) is 0 Å². The number of nitrogens with zero attached hydrogens (tertiary/aromatic N) is 1. The van der Waals surface area contributed by atoms with Gasteiger partial charge < -0.3 is 0 Å². The summed E-state index contributed by atoms with van der Waals surface area (Å²) in [7, 11) is 0. The maximum Gasteiger partial charge on any atom is 0.268 e. The Labute approximate surface area is 61.9 Å². The lowest BCUT2D eigenvalue weighted by Crippen LogP contribution is -1.94. The molecule has 0 N–H and O–H groups in total. The van der Waals surface area contributed by atoms with Gasteiger partial charge in [-0.05, 0) is 18.6 Å². The molecule has 0 radical (unpaired) electrons. The zero-order valence-corrected chi connectivity index (χ0v) is 5.81. The summed E-state index contributed by atoms with van der Waals surface area (Å²) in [6.45, 7) is 1.58. The maximum absolute atomic E-state index is 12.4. The average molecular weight is 161 g/mol. The lowest BCUT2D eigenvalue weighted by Gasteiger charge is -2.00. The van der Waals surface area contributed by atoms with Gasteiger partial charge in [0.25, 0.3) is 6.43 Å². The summed E-state index contributed by atoms with van der Waals surface area (Å²) in [6, 6.07) is 1.09. The predicted octanol–water partition coefficient (Wildman–Crippen LogP) is 2.47. The highest BCUT2D eigenvalue weighted by atomic mass is 19.3. The van der Waals surface area contributed by atoms with Gasteiger partial charge in [0, 0.05) is 6.20 Å². The van der Waals surface area contributed by atoms with Crippen molar-refractivity contribution in [3.8, 4) is 0 Å². The molecule has 0 saturated heterocycles. The Morgan fingerprint density at radius 2 is 2.09 bits per heavy atom. The van der Waals surface area contributed by atoms with Crippen molar-refractivity contribution in [1.29, 1.82) is 0 Å². The predicted molar refractivity (Wildman–Crippen MR) is 33.9 cm³/mol. The first-order chi connectivity index (χ1) is 5.11. The SMILES string of the molecule is Cc1cnc(F)c(C(F)F)c1. The molecule has 0 aliphatic heterocycles. The molecule has 0 bridgehead atoms. The fourth-order valence-corrected chi connectivity index (χ4v) is 0.728. The minimum absolute atomic E-state index is 0.529. The molecule has 0 saturated carbocycles. The monoisotopic (exact) mass is 161 g/mol. The summed E-state index contributed by atoms with van der Waals surface area (Å²) in [6.07, 6.45) is -1.58. The van der Waals surface area contributed by atoms with E-state index in [9.17, 15) is 13.2 Å². The van der Waals surface area contributed by atoms with Crippen LogP contribution in [0.3, 0.4) is 0 Å². The summed E-state index contributed by atoms with van der Waals surface area (Å²) in [5, 5.41) is 0. The summed E-state index contributed by atoms with van der Waals surface area (Å²) >= 11 is 0. The second-order valence-corrected chi connectivity index (χ2v) is 2.19. The highest BCUT2D eigenvalue weighted by Crippen LogP contribution is 2.20. The van der Waals surface area contributed by atoms with Crippen LogP contribution < -0.4 is 0 Å². The van der Waals surface area contributed by atoms with E-state index < -0.39 is 17.9 Å². The number of hydrogen-bond donors (Lipinski definition) is 0. The number of aromatic nitrogens is 1. The van der Waals surface area contributed by atoms with Gasteiger partial charge in [0.1, 0.15) is 0 Å². The molecule has 0 aromatic carbocycles. The molecule has 1 rings (SSSR count). The first-order valence-electron chi connectivity index (χ1n) is 3.01. The molecule has 0 aliphatic carbocycles. The zero-order valence-electron chi connectivity index (χ0n) is 5.81. The van der Waals surface area contributed by atoms with Gasteiger partial charge in [-0.1, -0.05) is 0 Å². The van der Waals surface area contributed by atoms with Crippen LogP contribution in [0, 0.1) is 12.9 Å². The minimum atomic E-state index is -2.79. The zero-order chi connectivity index (χ0) is 8.43. The molecular weight excluding hydrogens is 155 g/mol. The number of halogens is 3. The van der Waals surface area contributed by atoms with Crippen LogP contribution in [0.4, 0.5) is 13.2 Å². The van der Waals surface area contributed by atoms with Gasteiger partial charge in [-0.25, -0.2) is 13.8 Å². The molecule has 0 atom stereocenters. The fraction of sp³-hybridized carbons (Fsp3) is 0.286. The molecule has 60 valence electrons. The van der Waals surface area contributed by atoms with Gasteiger partial charge in [0.2, 0.25) is 5.95 Å². The Bertz CT molecular complexity index is 260. The third-order valence-electron chi connectivity index (χ3n) is 1.24. The molecule has 1 aromatic rings. The van der Waals surface area contributed by atoms with Gasteiger partial charge in [0.05, 0.1) is 5.56 Å². The van der Waals surface area contributed by atoms with Crippen LogP contribution in [0.1, 0.15) is 17.6 Å². The summed E-state index contributed by atoms with van der Waals surface area (Å²) in [5.74, 6) is -1.09. The van der Waals surface area contributed by atoms with Gasteiger partial charge >= 0.3 is 0 Å². The van der Waals surface area contributed by atoms with Crippen molar-refractivity contribution in [2.45, 2.75) is 13.3 Å². The van der Waals surface area contributed by atoms with E-state index in [1.807, 2.05) is 0 Å². The number of aryl methyl sites for hydroxylation is 1. The van der Waals surface area contributed by atoms with E-state index in [2.05, 4.69) is 4.98 Å². The third-order valence-corrected chi connectivity index (χ3v) is 1.24. The lowest BCUT2D eigenvalue weighted by atomic mass is 10.2. The highest BCUT2D eigenvalue weighted by Gasteiger charge is 2.13. The molecule has 0 amide bonds. The molecular formula is C7H6F3N. The summed E-state index contributed by atoms with van der Waals surface area (Å²) < 4.78 is 36.3. The van der Waals surface area contributed by atoms with Gasteiger partial charge in [-0.2, -0.15) is 4.39 Å². The lowest BCUT2D eigenvalue weighted by molar-refractivity contribution is 0.145. The molecule has 0 aliphatic rings. The topological polar surface area (TPSA) is 12.9 Å². The van der Waals surface area contributed by atoms with Crippen LogP contribution in [0.25, 0.3) is 0 Å². The molecule has 1 nitrogen and oxygen atoms in total. The Hall–Kier alpha value is -1.06. The Balaban J connectivity index is 3.13. The second kappa shape index (κ2) is 2.90. The number of rotatable bonds is 1. The maximum atomic E-state index is 12.4. The second-order valence-electron chi connectivity index (χ2n) is 2.19. The molecule has 1 heterocycles. The van der Waals surface area contributed by atoms with Crippen LogP contribution in [-0.2, 0) is 0 Å². The molecule has 0 fully saturated rings. The van der Waals surface area contributed by atoms with E-state index in [-0.39, 0.29) is 0 Å². The van der Waals surface area contributed by atoms with Crippen LogP contribution in [-0.4, -0.2) is 4.98 Å². The van der Waals surface area contributed by atoms with Crippen molar-refractivity contribution < 1.29 is 13.2 Å². The van der Waals surface area contributed by atoms with Crippen molar-refractivity contribution in [2.24, 2.45) is 0 Å². The average Bonchev–Trinajstić information content (AvgIpc) is 1.94. The largest absolute Gasteiger partial charge is 0.268 e. The van der Waals surface area contributed by atoms with Gasteiger partial charge in [0.15, 0.2) is 0 Å². The third kappa shape index (κ3) is 1.69. The highest BCUT2D eigenvalue weighted by molar-refractivity contribution is 5.18. The van der Waals surface area contributed by atoms with Crippen molar-refractivity contribution in [3.63, 3.8) is 0 Å².